The summed E-state index contributed by atoms with van der Waals surface area (Å²) in [7, 11) is 0. The quantitative estimate of drug-likeness (QED) is 0.557. The third-order valence-electron chi connectivity index (χ3n) is 2.69. The van der Waals surface area contributed by atoms with E-state index in [2.05, 4.69) is 34.6 Å². The predicted molar refractivity (Wildman–Crippen MR) is 69.6 cm³/mol. The van der Waals surface area contributed by atoms with E-state index < -0.39 is 0 Å². The topological polar surface area (TPSA) is 12.5 Å². The lowest BCUT2D eigenvalue weighted by Crippen LogP contribution is -2.18. The fraction of sp³-hybridized carbons (Fsp3) is 0.538. The summed E-state index contributed by atoms with van der Waals surface area (Å²) in [6.45, 7) is 3.99. The molecule has 88 valence electrons. The maximum Gasteiger partial charge on any atom is 0.0603 e. The van der Waals surface area contributed by atoms with Crippen LogP contribution in [-0.4, -0.2) is 36.4 Å². The summed E-state index contributed by atoms with van der Waals surface area (Å²) < 4.78 is 8.05. The Bertz CT molecular complexity index is 285. The Kier molecular flexibility index (Phi) is 5.19. The zero-order chi connectivity index (χ0) is 11.1. The highest BCUT2D eigenvalue weighted by molar-refractivity contribution is 7.97. The lowest BCUT2D eigenvalue weighted by molar-refractivity contribution is 0.128. The van der Waals surface area contributed by atoms with Gasteiger partial charge in [0, 0.05) is 18.8 Å². The van der Waals surface area contributed by atoms with E-state index in [0.29, 0.717) is 0 Å². The largest absolute Gasteiger partial charge is 0.380 e. The van der Waals surface area contributed by atoms with Crippen molar-refractivity contribution in [2.75, 3.05) is 32.1 Å². The Hall–Kier alpha value is -0.510. The molecule has 0 saturated carbocycles. The Morgan fingerprint density at radius 2 is 2.06 bits per heavy atom. The van der Waals surface area contributed by atoms with Crippen LogP contribution in [0.3, 0.4) is 0 Å². The van der Waals surface area contributed by atoms with Crippen LogP contribution in [0.4, 0.5) is 0 Å². The van der Waals surface area contributed by atoms with Gasteiger partial charge < -0.3 is 4.74 Å². The van der Waals surface area contributed by atoms with Crippen LogP contribution < -0.4 is 0 Å². The van der Waals surface area contributed by atoms with Crippen molar-refractivity contribution in [3.63, 3.8) is 0 Å². The van der Waals surface area contributed by atoms with Gasteiger partial charge in [-0.1, -0.05) is 42.3 Å². The third kappa shape index (κ3) is 4.16. The van der Waals surface area contributed by atoms with Crippen LogP contribution in [0.2, 0.25) is 0 Å². The maximum absolute atomic E-state index is 5.64. The minimum Gasteiger partial charge on any atom is -0.380 e. The van der Waals surface area contributed by atoms with Crippen molar-refractivity contribution < 1.29 is 4.74 Å². The van der Waals surface area contributed by atoms with Gasteiger partial charge in [-0.25, -0.2) is 4.31 Å². The van der Waals surface area contributed by atoms with Gasteiger partial charge in [-0.2, -0.15) is 0 Å². The van der Waals surface area contributed by atoms with Crippen LogP contribution in [0.1, 0.15) is 12.0 Å². The second-order valence-corrected chi connectivity index (χ2v) is 5.15. The van der Waals surface area contributed by atoms with Crippen molar-refractivity contribution in [3.05, 3.63) is 35.9 Å². The zero-order valence-corrected chi connectivity index (χ0v) is 10.4. The molecule has 1 aromatic rings. The summed E-state index contributed by atoms with van der Waals surface area (Å²) in [6.07, 6.45) is 2.35. The Morgan fingerprint density at radius 1 is 1.19 bits per heavy atom. The van der Waals surface area contributed by atoms with E-state index in [9.17, 15) is 0 Å². The summed E-state index contributed by atoms with van der Waals surface area (Å²) in [5, 5.41) is 0. The number of hydrogen-bond donors (Lipinski definition) is 0. The van der Waals surface area contributed by atoms with Crippen molar-refractivity contribution in [3.8, 4) is 0 Å². The van der Waals surface area contributed by atoms with Crippen LogP contribution >= 0.6 is 11.9 Å². The van der Waals surface area contributed by atoms with Crippen LogP contribution in [0.5, 0.6) is 0 Å². The molecule has 1 aliphatic heterocycles. The zero-order valence-electron chi connectivity index (χ0n) is 9.60. The number of ether oxygens (including phenoxy) is 1. The molecule has 3 heteroatoms. The molecule has 1 aliphatic rings. The van der Waals surface area contributed by atoms with Gasteiger partial charge in [-0.3, -0.25) is 0 Å². The van der Waals surface area contributed by atoms with Crippen LogP contribution in [0.25, 0.3) is 0 Å². The van der Waals surface area contributed by atoms with Gasteiger partial charge in [-0.15, -0.1) is 0 Å². The molecule has 0 N–H and O–H groups in total. The van der Waals surface area contributed by atoms with Crippen LogP contribution in [0.15, 0.2) is 30.3 Å². The normalized spacial score (nSPS) is 16.8. The summed E-state index contributed by atoms with van der Waals surface area (Å²) in [4.78, 5) is 0. The molecule has 2 rings (SSSR count). The van der Waals surface area contributed by atoms with Gasteiger partial charge in [0.25, 0.3) is 0 Å². The summed E-state index contributed by atoms with van der Waals surface area (Å²) >= 11 is 1.95. The van der Waals surface area contributed by atoms with E-state index >= 15 is 0 Å². The van der Waals surface area contributed by atoms with Crippen LogP contribution in [-0.2, 0) is 11.2 Å². The van der Waals surface area contributed by atoms with Gasteiger partial charge in [0.1, 0.15) is 0 Å². The van der Waals surface area contributed by atoms with Gasteiger partial charge in [0.2, 0.25) is 0 Å². The van der Waals surface area contributed by atoms with E-state index in [4.69, 9.17) is 4.74 Å². The first-order valence-electron chi connectivity index (χ1n) is 5.95. The van der Waals surface area contributed by atoms with Crippen LogP contribution in [0, 0.1) is 0 Å². The molecule has 1 aromatic carbocycles. The smallest absolute Gasteiger partial charge is 0.0603 e. The highest BCUT2D eigenvalue weighted by Crippen LogP contribution is 2.18. The molecule has 0 bridgehead atoms. The van der Waals surface area contributed by atoms with Gasteiger partial charge in [0.15, 0.2) is 0 Å². The summed E-state index contributed by atoms with van der Waals surface area (Å²) in [6, 6.07) is 10.5. The highest BCUT2D eigenvalue weighted by atomic mass is 32.2. The van der Waals surface area contributed by atoms with E-state index in [1.54, 1.807) is 0 Å². The molecule has 0 spiro atoms. The first kappa shape index (κ1) is 12.0. The molecule has 0 atom stereocenters. The fourth-order valence-electron chi connectivity index (χ4n) is 1.78. The minimum atomic E-state index is 0.836. The molecule has 0 aromatic heterocycles. The second-order valence-electron chi connectivity index (χ2n) is 3.96. The number of benzene rings is 1. The summed E-state index contributed by atoms with van der Waals surface area (Å²) in [5.74, 6) is 1.28. The average Bonchev–Trinajstić information content (AvgIpc) is 2.83. The summed E-state index contributed by atoms with van der Waals surface area (Å²) in [5.41, 5.74) is 1.36. The minimum absolute atomic E-state index is 0.836. The monoisotopic (exact) mass is 237 g/mol. The highest BCUT2D eigenvalue weighted by Gasteiger charge is 2.11. The van der Waals surface area contributed by atoms with E-state index in [1.165, 1.54) is 24.3 Å². The van der Waals surface area contributed by atoms with Gasteiger partial charge in [0.05, 0.1) is 13.2 Å². The van der Waals surface area contributed by atoms with Crippen molar-refractivity contribution >= 4 is 11.9 Å². The molecule has 0 amide bonds. The van der Waals surface area contributed by atoms with Gasteiger partial charge >= 0.3 is 0 Å². The molecule has 1 saturated heterocycles. The van der Waals surface area contributed by atoms with E-state index in [1.807, 2.05) is 11.9 Å². The van der Waals surface area contributed by atoms with Gasteiger partial charge in [-0.05, 0) is 18.4 Å². The first-order valence-corrected chi connectivity index (χ1v) is 6.89. The molecule has 1 fully saturated rings. The standard InChI is InChI=1S/C13H19NOS/c1-2-5-13(6-3-1)7-10-15-11-9-14-8-4-12-16-14/h1-3,5-6H,4,7-12H2. The van der Waals surface area contributed by atoms with Crippen molar-refractivity contribution in [2.24, 2.45) is 0 Å². The third-order valence-corrected chi connectivity index (χ3v) is 3.89. The lowest BCUT2D eigenvalue weighted by atomic mass is 10.2. The van der Waals surface area contributed by atoms with E-state index in [-0.39, 0.29) is 0 Å². The SMILES string of the molecule is c1ccc(CCOCCN2CCCS2)cc1. The molecular weight excluding hydrogens is 218 g/mol. The molecule has 1 heterocycles. The number of hydrogen-bond acceptors (Lipinski definition) is 3. The molecular formula is C13H19NOS. The molecule has 2 nitrogen and oxygen atoms in total. The predicted octanol–water partition coefficient (Wildman–Crippen LogP) is 2.60. The van der Waals surface area contributed by atoms with E-state index in [0.717, 1.165) is 26.2 Å². The molecule has 0 aliphatic carbocycles. The Balaban J connectivity index is 1.52. The Morgan fingerprint density at radius 3 is 2.81 bits per heavy atom. The Labute approximate surface area is 102 Å². The van der Waals surface area contributed by atoms with Crippen molar-refractivity contribution in [1.29, 1.82) is 0 Å². The van der Waals surface area contributed by atoms with Crippen molar-refractivity contribution in [1.82, 2.24) is 4.31 Å². The van der Waals surface area contributed by atoms with Crippen molar-refractivity contribution in [2.45, 2.75) is 12.8 Å². The lowest BCUT2D eigenvalue weighted by Gasteiger charge is -2.12. The molecule has 0 radical (unpaired) electrons. The molecule has 0 unspecified atom stereocenters. The fourth-order valence-corrected chi connectivity index (χ4v) is 2.76. The maximum atomic E-state index is 5.64. The number of nitrogens with zero attached hydrogens (tertiary/aromatic N) is 1. The second kappa shape index (κ2) is 6.94. The molecule has 16 heavy (non-hydrogen) atoms. The number of rotatable bonds is 6. The average molecular weight is 237 g/mol. The first-order chi connectivity index (χ1) is 7.95.